The van der Waals surface area contributed by atoms with E-state index in [2.05, 4.69) is 0 Å². The predicted molar refractivity (Wildman–Crippen MR) is 61.5 cm³/mol. The Labute approximate surface area is 94.9 Å². The van der Waals surface area contributed by atoms with Crippen LogP contribution in [0.15, 0.2) is 18.2 Å². The third-order valence-electron chi connectivity index (χ3n) is 2.44. The summed E-state index contributed by atoms with van der Waals surface area (Å²) in [4.78, 5) is 10.7. The molecule has 0 bridgehead atoms. The maximum absolute atomic E-state index is 10.7. The minimum atomic E-state index is -0.808. The lowest BCUT2D eigenvalue weighted by molar-refractivity contribution is -0.138. The average molecular weight is 227 g/mol. The Morgan fingerprint density at radius 1 is 1.47 bits per heavy atom. The van der Waals surface area contributed by atoms with Crippen molar-refractivity contribution in [3.05, 3.63) is 34.3 Å². The first-order valence-electron chi connectivity index (χ1n) is 4.81. The van der Waals surface area contributed by atoms with Gasteiger partial charge in [0.15, 0.2) is 0 Å². The number of carbonyl (C=O) groups is 1. The molecule has 3 heteroatoms. The SMILES string of the molecule is Cc1ccc(Cl)c(C(C)(C)CC(=O)O)c1. The highest BCUT2D eigenvalue weighted by atomic mass is 35.5. The first kappa shape index (κ1) is 12.1. The van der Waals surface area contributed by atoms with Crippen molar-refractivity contribution in [1.29, 1.82) is 0 Å². The van der Waals surface area contributed by atoms with Crippen LogP contribution in [0.4, 0.5) is 0 Å². The molecule has 2 nitrogen and oxygen atoms in total. The molecule has 0 radical (unpaired) electrons. The standard InChI is InChI=1S/C12H15ClO2/c1-8-4-5-10(13)9(6-8)12(2,3)7-11(14)15/h4-6H,7H2,1-3H3,(H,14,15). The molecule has 0 aromatic heterocycles. The zero-order chi connectivity index (χ0) is 11.6. The van der Waals surface area contributed by atoms with E-state index >= 15 is 0 Å². The average Bonchev–Trinajstić information content (AvgIpc) is 2.06. The smallest absolute Gasteiger partial charge is 0.304 e. The van der Waals surface area contributed by atoms with Gasteiger partial charge in [0.25, 0.3) is 0 Å². The van der Waals surface area contributed by atoms with Crippen LogP contribution in [0.25, 0.3) is 0 Å². The van der Waals surface area contributed by atoms with Crippen LogP contribution in [-0.2, 0) is 10.2 Å². The number of aliphatic carboxylic acids is 1. The summed E-state index contributed by atoms with van der Waals surface area (Å²) in [6.07, 6.45) is 0.0795. The summed E-state index contributed by atoms with van der Waals surface area (Å²) in [5.74, 6) is -0.808. The molecule has 15 heavy (non-hydrogen) atoms. The summed E-state index contributed by atoms with van der Waals surface area (Å²) in [7, 11) is 0. The van der Waals surface area contributed by atoms with Crippen molar-refractivity contribution in [1.82, 2.24) is 0 Å². The summed E-state index contributed by atoms with van der Waals surface area (Å²) in [5.41, 5.74) is 1.55. The topological polar surface area (TPSA) is 37.3 Å². The van der Waals surface area contributed by atoms with Gasteiger partial charge < -0.3 is 5.11 Å². The fourth-order valence-corrected chi connectivity index (χ4v) is 2.00. The van der Waals surface area contributed by atoms with E-state index in [4.69, 9.17) is 16.7 Å². The molecule has 0 heterocycles. The molecule has 1 aromatic rings. The lowest BCUT2D eigenvalue weighted by Crippen LogP contribution is -2.22. The molecule has 0 fully saturated rings. The first-order valence-corrected chi connectivity index (χ1v) is 5.19. The van der Waals surface area contributed by atoms with Crippen molar-refractivity contribution in [3.63, 3.8) is 0 Å². The third kappa shape index (κ3) is 2.96. The summed E-state index contributed by atoms with van der Waals surface area (Å²) in [6.45, 7) is 5.75. The molecule has 0 amide bonds. The van der Waals surface area contributed by atoms with Crippen molar-refractivity contribution < 1.29 is 9.90 Å². The third-order valence-corrected chi connectivity index (χ3v) is 2.77. The highest BCUT2D eigenvalue weighted by molar-refractivity contribution is 6.31. The Hall–Kier alpha value is -1.02. The molecule has 1 aromatic carbocycles. The molecule has 0 atom stereocenters. The van der Waals surface area contributed by atoms with E-state index < -0.39 is 11.4 Å². The van der Waals surface area contributed by atoms with Crippen molar-refractivity contribution >= 4 is 17.6 Å². The number of benzene rings is 1. The second-order valence-corrected chi connectivity index (χ2v) is 4.84. The first-order chi connectivity index (χ1) is 6.83. The molecule has 0 spiro atoms. The van der Waals surface area contributed by atoms with E-state index in [9.17, 15) is 4.79 Å². The molecule has 0 aliphatic rings. The van der Waals surface area contributed by atoms with Crippen LogP contribution in [-0.4, -0.2) is 11.1 Å². The minimum absolute atomic E-state index is 0.0795. The van der Waals surface area contributed by atoms with Gasteiger partial charge >= 0.3 is 5.97 Å². The van der Waals surface area contributed by atoms with Crippen LogP contribution in [0, 0.1) is 6.92 Å². The lowest BCUT2D eigenvalue weighted by Gasteiger charge is -2.24. The van der Waals surface area contributed by atoms with Crippen LogP contribution in [0.5, 0.6) is 0 Å². The van der Waals surface area contributed by atoms with Gasteiger partial charge in [-0.25, -0.2) is 0 Å². The van der Waals surface area contributed by atoms with Crippen LogP contribution < -0.4 is 0 Å². The van der Waals surface area contributed by atoms with E-state index in [0.717, 1.165) is 11.1 Å². The maximum atomic E-state index is 10.7. The number of carboxylic acids is 1. The second-order valence-electron chi connectivity index (χ2n) is 4.44. The summed E-state index contributed by atoms with van der Waals surface area (Å²) in [5, 5.41) is 9.46. The maximum Gasteiger partial charge on any atom is 0.304 e. The molecule has 82 valence electrons. The van der Waals surface area contributed by atoms with E-state index in [-0.39, 0.29) is 6.42 Å². The van der Waals surface area contributed by atoms with Gasteiger partial charge in [0.05, 0.1) is 6.42 Å². The van der Waals surface area contributed by atoms with Gasteiger partial charge in [-0.15, -0.1) is 0 Å². The van der Waals surface area contributed by atoms with E-state index in [1.54, 1.807) is 0 Å². The summed E-state index contributed by atoms with van der Waals surface area (Å²) >= 11 is 6.07. The molecule has 1 rings (SSSR count). The van der Waals surface area contributed by atoms with E-state index in [0.29, 0.717) is 5.02 Å². The molecule has 0 aliphatic heterocycles. The Morgan fingerprint density at radius 2 is 2.07 bits per heavy atom. The largest absolute Gasteiger partial charge is 0.481 e. The molecule has 1 N–H and O–H groups in total. The van der Waals surface area contributed by atoms with E-state index in [1.807, 2.05) is 39.0 Å². The van der Waals surface area contributed by atoms with Gasteiger partial charge in [0, 0.05) is 10.4 Å². The predicted octanol–water partition coefficient (Wildman–Crippen LogP) is 3.40. The lowest BCUT2D eigenvalue weighted by atomic mass is 9.81. The van der Waals surface area contributed by atoms with Crippen molar-refractivity contribution in [2.45, 2.75) is 32.6 Å². The van der Waals surface area contributed by atoms with Gasteiger partial charge in [-0.1, -0.05) is 43.1 Å². The Kier molecular flexibility index (Phi) is 3.40. The monoisotopic (exact) mass is 226 g/mol. The normalized spacial score (nSPS) is 11.5. The van der Waals surface area contributed by atoms with Gasteiger partial charge in [-0.05, 0) is 18.6 Å². The van der Waals surface area contributed by atoms with Crippen molar-refractivity contribution in [3.8, 4) is 0 Å². The summed E-state index contributed by atoms with van der Waals surface area (Å²) in [6, 6.07) is 5.68. The molecule has 0 saturated carbocycles. The second kappa shape index (κ2) is 4.23. The molecular weight excluding hydrogens is 212 g/mol. The number of rotatable bonds is 3. The van der Waals surface area contributed by atoms with Gasteiger partial charge in [-0.2, -0.15) is 0 Å². The minimum Gasteiger partial charge on any atom is -0.481 e. The quantitative estimate of drug-likeness (QED) is 0.858. The van der Waals surface area contributed by atoms with Gasteiger partial charge in [0.1, 0.15) is 0 Å². The Balaban J connectivity index is 3.13. The highest BCUT2D eigenvalue weighted by Gasteiger charge is 2.26. The van der Waals surface area contributed by atoms with E-state index in [1.165, 1.54) is 0 Å². The molecule has 0 saturated heterocycles. The number of hydrogen-bond acceptors (Lipinski definition) is 1. The fraction of sp³-hybridized carbons (Fsp3) is 0.417. The van der Waals surface area contributed by atoms with Crippen molar-refractivity contribution in [2.75, 3.05) is 0 Å². The molecule has 0 aliphatic carbocycles. The van der Waals surface area contributed by atoms with Crippen LogP contribution >= 0.6 is 11.6 Å². The Morgan fingerprint density at radius 3 is 2.60 bits per heavy atom. The molecular formula is C12H15ClO2. The number of hydrogen-bond donors (Lipinski definition) is 1. The number of carboxylic acid groups (broad SMARTS) is 1. The van der Waals surface area contributed by atoms with Gasteiger partial charge in [-0.3, -0.25) is 4.79 Å². The van der Waals surface area contributed by atoms with Gasteiger partial charge in [0.2, 0.25) is 0 Å². The Bertz CT molecular complexity index is 383. The number of halogens is 1. The molecule has 0 unspecified atom stereocenters. The van der Waals surface area contributed by atoms with Crippen LogP contribution in [0.2, 0.25) is 5.02 Å². The zero-order valence-electron chi connectivity index (χ0n) is 9.17. The summed E-state index contributed by atoms with van der Waals surface area (Å²) < 4.78 is 0. The van der Waals surface area contributed by atoms with Crippen LogP contribution in [0.1, 0.15) is 31.4 Å². The fourth-order valence-electron chi connectivity index (χ4n) is 1.63. The highest BCUT2D eigenvalue weighted by Crippen LogP contribution is 2.33. The zero-order valence-corrected chi connectivity index (χ0v) is 9.93. The number of aryl methyl sites for hydroxylation is 1. The van der Waals surface area contributed by atoms with Crippen molar-refractivity contribution in [2.24, 2.45) is 0 Å². The van der Waals surface area contributed by atoms with Crippen LogP contribution in [0.3, 0.4) is 0 Å².